The molecule has 1 aliphatic heterocycles. The van der Waals surface area contributed by atoms with Gasteiger partial charge in [0.25, 0.3) is 0 Å². The predicted octanol–water partition coefficient (Wildman–Crippen LogP) is 2.22. The second-order valence-corrected chi connectivity index (χ2v) is 7.52. The number of aliphatic hydroxyl groups excluding tert-OH is 1. The number of likely N-dealkylation sites (tertiary alicyclic amines) is 1. The maximum atomic E-state index is 12.5. The number of benzene rings is 1. The lowest BCUT2D eigenvalue weighted by atomic mass is 10.1. The summed E-state index contributed by atoms with van der Waals surface area (Å²) in [6.07, 6.45) is -0.146. The van der Waals surface area contributed by atoms with Gasteiger partial charge >= 0.3 is 0 Å². The third-order valence-corrected chi connectivity index (χ3v) is 5.32. The van der Waals surface area contributed by atoms with Crippen molar-refractivity contribution in [3.63, 3.8) is 0 Å². The van der Waals surface area contributed by atoms with E-state index in [1.165, 1.54) is 16.2 Å². The lowest BCUT2D eigenvalue weighted by Crippen LogP contribution is -2.46. The van der Waals surface area contributed by atoms with Gasteiger partial charge in [0, 0.05) is 29.4 Å². The first kappa shape index (κ1) is 17.9. The monoisotopic (exact) mass is 378 g/mol. The zero-order valence-corrected chi connectivity index (χ0v) is 15.1. The number of hydrogen-bond donors (Lipinski definition) is 2. The number of carbonyl (C=O) groups excluding carboxylic acids is 2. The Balaban J connectivity index is 1.61. The second kappa shape index (κ2) is 7.99. The molecule has 5 nitrogen and oxygen atoms in total. The standard InChI is InChI=1S/C18H19ClN2O3S/c19-13-5-3-12(4-6-13)10-20-18(24)16-8-14(22)11-21(16)17(23)9-15-2-1-7-25-15/h1-7,14,16,22H,8-11H2,(H,20,24)/t14-,16+/m1/s1. The summed E-state index contributed by atoms with van der Waals surface area (Å²) in [6.45, 7) is 0.554. The van der Waals surface area contributed by atoms with Gasteiger partial charge in [0.2, 0.25) is 11.8 Å². The second-order valence-electron chi connectivity index (χ2n) is 6.05. The van der Waals surface area contributed by atoms with E-state index in [1.54, 1.807) is 12.1 Å². The first-order valence-corrected chi connectivity index (χ1v) is 9.31. The quantitative estimate of drug-likeness (QED) is 0.838. The minimum absolute atomic E-state index is 0.134. The minimum Gasteiger partial charge on any atom is -0.391 e. The van der Waals surface area contributed by atoms with Crippen LogP contribution in [0, 0.1) is 0 Å². The molecule has 0 unspecified atom stereocenters. The van der Waals surface area contributed by atoms with E-state index in [0.29, 0.717) is 11.6 Å². The number of thiophene rings is 1. The van der Waals surface area contributed by atoms with Gasteiger partial charge in [-0.1, -0.05) is 29.8 Å². The molecule has 7 heteroatoms. The SMILES string of the molecule is O=C(NCc1ccc(Cl)cc1)[C@@H]1C[C@@H](O)CN1C(=O)Cc1cccs1. The Labute approximate surface area is 155 Å². The first-order chi connectivity index (χ1) is 12.0. The Morgan fingerprint density at radius 1 is 1.28 bits per heavy atom. The van der Waals surface area contributed by atoms with E-state index in [1.807, 2.05) is 29.6 Å². The normalized spacial score (nSPS) is 19.8. The van der Waals surface area contributed by atoms with Gasteiger partial charge in [-0.25, -0.2) is 0 Å². The van der Waals surface area contributed by atoms with Crippen LogP contribution in [-0.4, -0.2) is 40.5 Å². The Morgan fingerprint density at radius 2 is 2.04 bits per heavy atom. The highest BCUT2D eigenvalue weighted by Gasteiger charge is 2.38. The van der Waals surface area contributed by atoms with Crippen molar-refractivity contribution < 1.29 is 14.7 Å². The highest BCUT2D eigenvalue weighted by Crippen LogP contribution is 2.21. The summed E-state index contributed by atoms with van der Waals surface area (Å²) in [4.78, 5) is 27.5. The van der Waals surface area contributed by atoms with Crippen molar-refractivity contribution in [2.24, 2.45) is 0 Å². The fourth-order valence-electron chi connectivity index (χ4n) is 2.91. The maximum absolute atomic E-state index is 12.5. The van der Waals surface area contributed by atoms with Crippen LogP contribution >= 0.6 is 22.9 Å². The van der Waals surface area contributed by atoms with Gasteiger partial charge in [-0.2, -0.15) is 0 Å². The molecule has 1 saturated heterocycles. The lowest BCUT2D eigenvalue weighted by molar-refractivity contribution is -0.138. The molecule has 1 aromatic carbocycles. The van der Waals surface area contributed by atoms with Crippen LogP contribution in [0.1, 0.15) is 16.9 Å². The summed E-state index contributed by atoms with van der Waals surface area (Å²) < 4.78 is 0. The molecular weight excluding hydrogens is 360 g/mol. The molecule has 0 radical (unpaired) electrons. The van der Waals surface area contributed by atoms with Gasteiger partial charge in [0.05, 0.1) is 12.5 Å². The van der Waals surface area contributed by atoms with Crippen molar-refractivity contribution in [1.82, 2.24) is 10.2 Å². The number of rotatable bonds is 5. The summed E-state index contributed by atoms with van der Waals surface area (Å²) in [6, 6.07) is 10.4. The molecule has 2 amide bonds. The third kappa shape index (κ3) is 4.60. The highest BCUT2D eigenvalue weighted by molar-refractivity contribution is 7.10. The average molecular weight is 379 g/mol. The van der Waals surface area contributed by atoms with Gasteiger partial charge in [-0.15, -0.1) is 11.3 Å². The van der Waals surface area contributed by atoms with E-state index >= 15 is 0 Å². The molecular formula is C18H19ClN2O3S. The molecule has 2 atom stereocenters. The van der Waals surface area contributed by atoms with Crippen molar-refractivity contribution in [1.29, 1.82) is 0 Å². The van der Waals surface area contributed by atoms with Gasteiger partial charge in [-0.05, 0) is 29.1 Å². The highest BCUT2D eigenvalue weighted by atomic mass is 35.5. The van der Waals surface area contributed by atoms with Crippen LogP contribution in [0.5, 0.6) is 0 Å². The largest absolute Gasteiger partial charge is 0.391 e. The number of amides is 2. The molecule has 132 valence electrons. The van der Waals surface area contributed by atoms with Crippen molar-refractivity contribution >= 4 is 34.8 Å². The summed E-state index contributed by atoms with van der Waals surface area (Å²) in [7, 11) is 0. The van der Waals surface area contributed by atoms with Crippen molar-refractivity contribution in [2.45, 2.75) is 31.5 Å². The molecule has 1 aromatic heterocycles. The van der Waals surface area contributed by atoms with E-state index in [2.05, 4.69) is 5.32 Å². The molecule has 1 aliphatic rings. The van der Waals surface area contributed by atoms with Gasteiger partial charge in [0.15, 0.2) is 0 Å². The zero-order valence-electron chi connectivity index (χ0n) is 13.5. The summed E-state index contributed by atoms with van der Waals surface area (Å²) >= 11 is 7.36. The number of β-amino-alcohol motifs (C(OH)–C–C–N with tert-alkyl or cyclic N) is 1. The zero-order chi connectivity index (χ0) is 17.8. The van der Waals surface area contributed by atoms with Crippen LogP contribution in [0.3, 0.4) is 0 Å². The molecule has 0 saturated carbocycles. The number of hydrogen-bond acceptors (Lipinski definition) is 4. The van der Waals surface area contributed by atoms with E-state index < -0.39 is 12.1 Å². The fraction of sp³-hybridized carbons (Fsp3) is 0.333. The predicted molar refractivity (Wildman–Crippen MR) is 97.4 cm³/mol. The van der Waals surface area contributed by atoms with Crippen molar-refractivity contribution in [3.05, 3.63) is 57.2 Å². The van der Waals surface area contributed by atoms with Gasteiger partial charge in [0.1, 0.15) is 6.04 Å². The summed E-state index contributed by atoms with van der Waals surface area (Å²) in [5, 5.41) is 15.3. The molecule has 25 heavy (non-hydrogen) atoms. The van der Waals surface area contributed by atoms with Crippen molar-refractivity contribution in [3.8, 4) is 0 Å². The molecule has 2 heterocycles. The topological polar surface area (TPSA) is 69.6 Å². The number of aliphatic hydroxyl groups is 1. The van der Waals surface area contributed by atoms with E-state index in [4.69, 9.17) is 11.6 Å². The van der Waals surface area contributed by atoms with Crippen LogP contribution in [0.4, 0.5) is 0 Å². The summed E-state index contributed by atoms with van der Waals surface area (Å²) in [5.41, 5.74) is 0.924. The van der Waals surface area contributed by atoms with Crippen LogP contribution in [-0.2, 0) is 22.6 Å². The van der Waals surface area contributed by atoms with Crippen LogP contribution in [0.2, 0.25) is 5.02 Å². The van der Waals surface area contributed by atoms with Gasteiger partial charge in [-0.3, -0.25) is 9.59 Å². The Kier molecular flexibility index (Phi) is 5.73. The minimum atomic E-state index is -0.668. The van der Waals surface area contributed by atoms with E-state index in [-0.39, 0.29) is 31.2 Å². The third-order valence-electron chi connectivity index (χ3n) is 4.19. The molecule has 0 aliphatic carbocycles. The fourth-order valence-corrected chi connectivity index (χ4v) is 3.73. The Morgan fingerprint density at radius 3 is 2.72 bits per heavy atom. The van der Waals surface area contributed by atoms with Crippen LogP contribution in [0.15, 0.2) is 41.8 Å². The number of carbonyl (C=O) groups is 2. The van der Waals surface area contributed by atoms with Crippen LogP contribution < -0.4 is 5.32 Å². The Hall–Kier alpha value is -1.89. The molecule has 2 N–H and O–H groups in total. The maximum Gasteiger partial charge on any atom is 0.243 e. The molecule has 1 fully saturated rings. The van der Waals surface area contributed by atoms with E-state index in [9.17, 15) is 14.7 Å². The lowest BCUT2D eigenvalue weighted by Gasteiger charge is -2.23. The molecule has 0 spiro atoms. The average Bonchev–Trinajstić information content (AvgIpc) is 3.23. The molecule has 2 aromatic rings. The van der Waals surface area contributed by atoms with Gasteiger partial charge < -0.3 is 15.3 Å². The Bertz CT molecular complexity index is 733. The summed E-state index contributed by atoms with van der Waals surface area (Å²) in [5.74, 6) is -0.378. The van der Waals surface area contributed by atoms with Crippen molar-refractivity contribution in [2.75, 3.05) is 6.54 Å². The molecule has 3 rings (SSSR count). The molecule has 0 bridgehead atoms. The number of nitrogens with one attached hydrogen (secondary N) is 1. The first-order valence-electron chi connectivity index (χ1n) is 8.05. The van der Waals surface area contributed by atoms with Crippen LogP contribution in [0.25, 0.3) is 0 Å². The number of halogens is 1. The van der Waals surface area contributed by atoms with E-state index in [0.717, 1.165) is 10.4 Å². The number of nitrogens with zero attached hydrogens (tertiary/aromatic N) is 1. The smallest absolute Gasteiger partial charge is 0.243 e.